The van der Waals surface area contributed by atoms with Crippen LogP contribution < -0.4 is 16.4 Å². The molecule has 0 saturated carbocycles. The first-order valence-electron chi connectivity index (χ1n) is 6.18. The molecule has 0 radical (unpaired) electrons. The minimum atomic E-state index is -0.557. The van der Waals surface area contributed by atoms with E-state index in [4.69, 9.17) is 4.42 Å². The zero-order chi connectivity index (χ0) is 15.7. The predicted octanol–water partition coefficient (Wildman–Crippen LogP) is 1.79. The Labute approximate surface area is 127 Å². The molecule has 1 aromatic carbocycles. The van der Waals surface area contributed by atoms with Gasteiger partial charge in [-0.05, 0) is 18.2 Å². The molecule has 8 nitrogen and oxygen atoms in total. The molecule has 0 fully saturated rings. The average Bonchev–Trinajstić information content (AvgIpc) is 3.03. The molecule has 0 spiro atoms. The summed E-state index contributed by atoms with van der Waals surface area (Å²) in [5, 5.41) is 7.06. The molecule has 2 amide bonds. The molecule has 3 aromatic rings. The van der Waals surface area contributed by atoms with Crippen molar-refractivity contribution in [2.24, 2.45) is 0 Å². The van der Waals surface area contributed by atoms with Crippen LogP contribution in [0.1, 0.15) is 17.4 Å². The monoisotopic (exact) mass is 318 g/mol. The number of anilines is 2. The molecule has 22 heavy (non-hydrogen) atoms. The summed E-state index contributed by atoms with van der Waals surface area (Å²) in [4.78, 5) is 40.6. The largest absolute Gasteiger partial charge is 0.417 e. The van der Waals surface area contributed by atoms with Crippen LogP contribution in [0.4, 0.5) is 10.8 Å². The van der Waals surface area contributed by atoms with Crippen molar-refractivity contribution in [2.75, 3.05) is 10.6 Å². The number of benzene rings is 1. The number of aromatic nitrogens is 2. The van der Waals surface area contributed by atoms with Crippen LogP contribution in [0.5, 0.6) is 0 Å². The molecule has 0 bridgehead atoms. The van der Waals surface area contributed by atoms with Gasteiger partial charge in [-0.2, -0.15) is 0 Å². The lowest BCUT2D eigenvalue weighted by Gasteiger charge is -2.02. The summed E-state index contributed by atoms with van der Waals surface area (Å²) in [6.07, 6.45) is 0. The Morgan fingerprint density at radius 2 is 2.14 bits per heavy atom. The average molecular weight is 318 g/mol. The Morgan fingerprint density at radius 1 is 1.32 bits per heavy atom. The van der Waals surface area contributed by atoms with Gasteiger partial charge in [0.2, 0.25) is 5.91 Å². The van der Waals surface area contributed by atoms with E-state index in [9.17, 15) is 14.4 Å². The van der Waals surface area contributed by atoms with Gasteiger partial charge in [-0.1, -0.05) is 0 Å². The van der Waals surface area contributed by atoms with Gasteiger partial charge in [-0.3, -0.25) is 14.6 Å². The molecular formula is C13H10N4O4S. The fraction of sp³-hybridized carbons (Fsp3) is 0.0769. The third-order valence-electron chi connectivity index (χ3n) is 2.70. The van der Waals surface area contributed by atoms with Crippen LogP contribution in [0.25, 0.3) is 11.1 Å². The molecular weight excluding hydrogens is 308 g/mol. The number of rotatable bonds is 3. The number of fused-ring (bicyclic) bond motifs is 1. The van der Waals surface area contributed by atoms with Crippen LogP contribution in [-0.2, 0) is 4.79 Å². The maximum absolute atomic E-state index is 12.1. The maximum Gasteiger partial charge on any atom is 0.417 e. The molecule has 0 unspecified atom stereocenters. The molecule has 112 valence electrons. The van der Waals surface area contributed by atoms with Crippen LogP contribution in [0, 0.1) is 0 Å². The summed E-state index contributed by atoms with van der Waals surface area (Å²) in [6, 6.07) is 4.77. The van der Waals surface area contributed by atoms with Gasteiger partial charge in [0.05, 0.1) is 5.52 Å². The van der Waals surface area contributed by atoms with E-state index in [1.807, 2.05) is 0 Å². The lowest BCUT2D eigenvalue weighted by Crippen LogP contribution is -2.13. The number of hydrogen-bond acceptors (Lipinski definition) is 6. The van der Waals surface area contributed by atoms with Crippen LogP contribution in [-0.4, -0.2) is 21.8 Å². The topological polar surface area (TPSA) is 117 Å². The lowest BCUT2D eigenvalue weighted by atomic mass is 10.3. The number of H-pyrrole nitrogens is 1. The minimum absolute atomic E-state index is 0.189. The molecule has 2 aromatic heterocycles. The Morgan fingerprint density at radius 3 is 2.91 bits per heavy atom. The van der Waals surface area contributed by atoms with Gasteiger partial charge < -0.3 is 15.1 Å². The van der Waals surface area contributed by atoms with E-state index in [0.717, 1.165) is 11.3 Å². The number of hydrogen-bond donors (Lipinski definition) is 3. The third kappa shape index (κ3) is 2.88. The van der Waals surface area contributed by atoms with Crippen molar-refractivity contribution in [3.05, 3.63) is 39.8 Å². The number of carbonyl (C=O) groups is 2. The summed E-state index contributed by atoms with van der Waals surface area (Å²) in [7, 11) is 0. The van der Waals surface area contributed by atoms with E-state index >= 15 is 0 Å². The second-order valence-corrected chi connectivity index (χ2v) is 5.26. The summed E-state index contributed by atoms with van der Waals surface area (Å²) in [5.74, 6) is -1.23. The second-order valence-electron chi connectivity index (χ2n) is 4.40. The highest BCUT2D eigenvalue weighted by Gasteiger charge is 2.12. The third-order valence-corrected chi connectivity index (χ3v) is 3.45. The van der Waals surface area contributed by atoms with Gasteiger partial charge in [0, 0.05) is 18.0 Å². The number of nitrogens with one attached hydrogen (secondary N) is 3. The van der Waals surface area contributed by atoms with Crippen LogP contribution >= 0.6 is 11.3 Å². The molecule has 3 N–H and O–H groups in total. The SMILES string of the molecule is CC(=O)Nc1nc(C(=O)Nc2ccc3oc(=O)[nH]c3c2)cs1. The zero-order valence-electron chi connectivity index (χ0n) is 11.3. The molecule has 0 aliphatic heterocycles. The first-order valence-corrected chi connectivity index (χ1v) is 7.06. The Hall–Kier alpha value is -2.94. The molecule has 0 aliphatic rings. The highest BCUT2D eigenvalue weighted by molar-refractivity contribution is 7.14. The van der Waals surface area contributed by atoms with Gasteiger partial charge in [-0.15, -0.1) is 11.3 Å². The molecule has 0 saturated heterocycles. The lowest BCUT2D eigenvalue weighted by molar-refractivity contribution is -0.114. The van der Waals surface area contributed by atoms with E-state index in [0.29, 0.717) is 21.9 Å². The summed E-state index contributed by atoms with van der Waals surface area (Å²) >= 11 is 1.16. The van der Waals surface area contributed by atoms with Crippen molar-refractivity contribution < 1.29 is 14.0 Å². The highest BCUT2D eigenvalue weighted by Crippen LogP contribution is 2.19. The van der Waals surface area contributed by atoms with Crippen LogP contribution in [0.15, 0.2) is 32.8 Å². The van der Waals surface area contributed by atoms with Gasteiger partial charge in [-0.25, -0.2) is 9.78 Å². The minimum Gasteiger partial charge on any atom is -0.408 e. The molecule has 0 aliphatic carbocycles. The summed E-state index contributed by atoms with van der Waals surface area (Å²) < 4.78 is 4.88. The number of amides is 2. The summed E-state index contributed by atoms with van der Waals surface area (Å²) in [5.41, 5.74) is 1.57. The van der Waals surface area contributed by atoms with Crippen LogP contribution in [0.2, 0.25) is 0 Å². The molecule has 2 heterocycles. The summed E-state index contributed by atoms with van der Waals surface area (Å²) in [6.45, 7) is 1.36. The molecule has 0 atom stereocenters. The van der Waals surface area contributed by atoms with Crippen molar-refractivity contribution in [3.8, 4) is 0 Å². The normalized spacial score (nSPS) is 10.6. The fourth-order valence-electron chi connectivity index (χ4n) is 1.81. The predicted molar refractivity (Wildman–Crippen MR) is 81.2 cm³/mol. The Bertz CT molecular complexity index is 923. The smallest absolute Gasteiger partial charge is 0.408 e. The Kier molecular flexibility index (Phi) is 3.47. The van der Waals surface area contributed by atoms with Crippen molar-refractivity contribution in [2.45, 2.75) is 6.92 Å². The van der Waals surface area contributed by atoms with Crippen molar-refractivity contribution in [3.63, 3.8) is 0 Å². The zero-order valence-corrected chi connectivity index (χ0v) is 12.1. The van der Waals surface area contributed by atoms with E-state index in [1.54, 1.807) is 23.6 Å². The highest BCUT2D eigenvalue weighted by atomic mass is 32.1. The molecule has 9 heteroatoms. The second kappa shape index (κ2) is 5.45. The first kappa shape index (κ1) is 14.0. The van der Waals surface area contributed by atoms with E-state index in [-0.39, 0.29) is 11.6 Å². The van der Waals surface area contributed by atoms with E-state index < -0.39 is 11.7 Å². The quantitative estimate of drug-likeness (QED) is 0.680. The van der Waals surface area contributed by atoms with Gasteiger partial charge >= 0.3 is 5.76 Å². The number of oxazole rings is 1. The standard InChI is InChI=1S/C13H10N4O4S/c1-6(18)14-12-16-9(5-22-12)11(19)15-7-2-3-10-8(4-7)17-13(20)21-10/h2-5H,1H3,(H,15,19)(H,17,20)(H,14,16,18). The fourth-order valence-corrected chi connectivity index (χ4v) is 2.55. The number of thiazole rings is 1. The van der Waals surface area contributed by atoms with Crippen molar-refractivity contribution in [1.82, 2.24) is 9.97 Å². The maximum atomic E-state index is 12.1. The Balaban J connectivity index is 1.78. The van der Waals surface area contributed by atoms with Crippen molar-refractivity contribution >= 4 is 45.1 Å². The van der Waals surface area contributed by atoms with Gasteiger partial charge in [0.15, 0.2) is 10.7 Å². The number of aromatic amines is 1. The van der Waals surface area contributed by atoms with Gasteiger partial charge in [0.1, 0.15) is 5.69 Å². The van der Waals surface area contributed by atoms with Gasteiger partial charge in [0.25, 0.3) is 5.91 Å². The number of nitrogens with zero attached hydrogens (tertiary/aromatic N) is 1. The first-order chi connectivity index (χ1) is 10.5. The van der Waals surface area contributed by atoms with E-state index in [2.05, 4.69) is 20.6 Å². The molecule has 3 rings (SSSR count). The number of carbonyl (C=O) groups excluding carboxylic acids is 2. The van der Waals surface area contributed by atoms with E-state index in [1.165, 1.54) is 6.92 Å². The van der Waals surface area contributed by atoms with Crippen LogP contribution in [0.3, 0.4) is 0 Å². The van der Waals surface area contributed by atoms with Crippen molar-refractivity contribution in [1.29, 1.82) is 0 Å².